The standard InChI is InChI=1S/C26H30N4O6S/c1-4-29(5-2)13-12-27-24(33)18-7-9-19(10-8-18)28-23(32)16-30-25(34)22(37-26(30)35)15-17-6-11-20(31)21(14-17)36-3/h6-11,14-15,31H,4-5,12-13,16H2,1-3H3,(H,27,33)(H,28,32)/b22-15-. The summed E-state index contributed by atoms with van der Waals surface area (Å²) in [5.41, 5.74) is 1.45. The molecule has 1 saturated heterocycles. The topological polar surface area (TPSA) is 128 Å². The number of hydrogen-bond acceptors (Lipinski definition) is 8. The van der Waals surface area contributed by atoms with Gasteiger partial charge in [0.25, 0.3) is 17.1 Å². The van der Waals surface area contributed by atoms with E-state index in [2.05, 4.69) is 29.4 Å². The molecular formula is C26H30N4O6S. The highest BCUT2D eigenvalue weighted by Crippen LogP contribution is 2.34. The Bertz CT molecular complexity index is 1190. The Balaban J connectivity index is 1.55. The zero-order valence-corrected chi connectivity index (χ0v) is 21.8. The average molecular weight is 527 g/mol. The van der Waals surface area contributed by atoms with Crippen molar-refractivity contribution in [3.05, 3.63) is 58.5 Å². The fourth-order valence-electron chi connectivity index (χ4n) is 3.59. The molecule has 3 rings (SSSR count). The number of carbonyl (C=O) groups excluding carboxylic acids is 4. The number of ether oxygens (including phenoxy) is 1. The molecule has 1 fully saturated rings. The number of phenols is 1. The van der Waals surface area contributed by atoms with E-state index in [4.69, 9.17) is 4.74 Å². The van der Waals surface area contributed by atoms with Crippen LogP contribution in [0.5, 0.6) is 11.5 Å². The smallest absolute Gasteiger partial charge is 0.294 e. The molecule has 0 spiro atoms. The summed E-state index contributed by atoms with van der Waals surface area (Å²) in [6.45, 7) is 6.81. The van der Waals surface area contributed by atoms with Crippen LogP contribution < -0.4 is 15.4 Å². The molecule has 0 aromatic heterocycles. The summed E-state index contributed by atoms with van der Waals surface area (Å²) in [5.74, 6) is -1.16. The lowest BCUT2D eigenvalue weighted by Crippen LogP contribution is -2.36. The van der Waals surface area contributed by atoms with Gasteiger partial charge >= 0.3 is 0 Å². The highest BCUT2D eigenvalue weighted by atomic mass is 32.2. The predicted octanol–water partition coefficient (Wildman–Crippen LogP) is 3.15. The molecule has 10 nitrogen and oxygen atoms in total. The molecule has 1 heterocycles. The molecule has 0 bridgehead atoms. The number of nitrogens with zero attached hydrogens (tertiary/aromatic N) is 2. The van der Waals surface area contributed by atoms with Crippen LogP contribution in [0.2, 0.25) is 0 Å². The van der Waals surface area contributed by atoms with E-state index in [1.165, 1.54) is 25.3 Å². The van der Waals surface area contributed by atoms with Crippen molar-refractivity contribution >= 4 is 46.5 Å². The summed E-state index contributed by atoms with van der Waals surface area (Å²) < 4.78 is 5.06. The number of phenolic OH excluding ortho intramolecular Hbond substituents is 1. The van der Waals surface area contributed by atoms with Crippen LogP contribution in [0.3, 0.4) is 0 Å². The highest BCUT2D eigenvalue weighted by molar-refractivity contribution is 8.18. The molecule has 0 radical (unpaired) electrons. The largest absolute Gasteiger partial charge is 0.504 e. The lowest BCUT2D eigenvalue weighted by atomic mass is 10.2. The number of nitrogens with one attached hydrogen (secondary N) is 2. The van der Waals surface area contributed by atoms with Gasteiger partial charge in [-0.1, -0.05) is 19.9 Å². The van der Waals surface area contributed by atoms with Crippen molar-refractivity contribution in [1.29, 1.82) is 0 Å². The van der Waals surface area contributed by atoms with Gasteiger partial charge in [-0.2, -0.15) is 0 Å². The van der Waals surface area contributed by atoms with Gasteiger partial charge in [0.2, 0.25) is 5.91 Å². The maximum atomic E-state index is 12.7. The number of anilines is 1. The van der Waals surface area contributed by atoms with Gasteiger partial charge in [0.15, 0.2) is 11.5 Å². The maximum absolute atomic E-state index is 12.7. The first-order valence-corrected chi connectivity index (χ1v) is 12.6. The first-order valence-electron chi connectivity index (χ1n) is 11.8. The number of imide groups is 1. The van der Waals surface area contributed by atoms with Crippen LogP contribution in [0.4, 0.5) is 10.5 Å². The van der Waals surface area contributed by atoms with Gasteiger partial charge in [-0.3, -0.25) is 24.1 Å². The number of amides is 4. The van der Waals surface area contributed by atoms with E-state index in [1.54, 1.807) is 30.3 Å². The Labute approximate surface area is 219 Å². The third kappa shape index (κ3) is 7.34. The Hall–Kier alpha value is -3.83. The molecule has 196 valence electrons. The third-order valence-electron chi connectivity index (χ3n) is 5.72. The van der Waals surface area contributed by atoms with Crippen LogP contribution in [0.15, 0.2) is 47.4 Å². The van der Waals surface area contributed by atoms with Gasteiger partial charge in [-0.05, 0) is 72.9 Å². The number of carbonyl (C=O) groups is 4. The van der Waals surface area contributed by atoms with E-state index in [0.717, 1.165) is 36.3 Å². The zero-order valence-electron chi connectivity index (χ0n) is 20.9. The van der Waals surface area contributed by atoms with Gasteiger partial charge in [0.05, 0.1) is 12.0 Å². The minimum absolute atomic E-state index is 0.0478. The number of hydrogen-bond donors (Lipinski definition) is 3. The Morgan fingerprint density at radius 2 is 1.81 bits per heavy atom. The zero-order chi connectivity index (χ0) is 26.9. The lowest BCUT2D eigenvalue weighted by Gasteiger charge is -2.18. The maximum Gasteiger partial charge on any atom is 0.294 e. The second-order valence-electron chi connectivity index (χ2n) is 8.11. The van der Waals surface area contributed by atoms with Crippen molar-refractivity contribution in [1.82, 2.24) is 15.1 Å². The van der Waals surface area contributed by atoms with Crippen molar-refractivity contribution in [2.24, 2.45) is 0 Å². The minimum Gasteiger partial charge on any atom is -0.504 e. The van der Waals surface area contributed by atoms with Crippen LogP contribution in [-0.2, 0) is 9.59 Å². The second-order valence-corrected chi connectivity index (χ2v) is 9.10. The van der Waals surface area contributed by atoms with E-state index >= 15 is 0 Å². The van der Waals surface area contributed by atoms with Crippen molar-refractivity contribution in [2.45, 2.75) is 13.8 Å². The molecule has 1 aliphatic rings. The van der Waals surface area contributed by atoms with Crippen molar-refractivity contribution < 1.29 is 29.0 Å². The predicted molar refractivity (Wildman–Crippen MR) is 143 cm³/mol. The fraction of sp³-hybridized carbons (Fsp3) is 0.308. The number of likely N-dealkylation sites (N-methyl/N-ethyl adjacent to an activating group) is 1. The van der Waals surface area contributed by atoms with Crippen molar-refractivity contribution in [3.8, 4) is 11.5 Å². The molecule has 11 heteroatoms. The van der Waals surface area contributed by atoms with Crippen LogP contribution in [0.25, 0.3) is 6.08 Å². The molecule has 2 aromatic rings. The van der Waals surface area contributed by atoms with Crippen molar-refractivity contribution in [2.75, 3.05) is 45.2 Å². The van der Waals surface area contributed by atoms with Gasteiger partial charge < -0.3 is 25.4 Å². The first-order chi connectivity index (χ1) is 17.7. The molecule has 1 aliphatic heterocycles. The normalized spacial score (nSPS) is 14.4. The van der Waals surface area contributed by atoms with Crippen LogP contribution in [0.1, 0.15) is 29.8 Å². The Morgan fingerprint density at radius 1 is 1.11 bits per heavy atom. The lowest BCUT2D eigenvalue weighted by molar-refractivity contribution is -0.127. The van der Waals surface area contributed by atoms with E-state index in [-0.39, 0.29) is 22.3 Å². The van der Waals surface area contributed by atoms with Gasteiger partial charge in [0.1, 0.15) is 6.54 Å². The van der Waals surface area contributed by atoms with Crippen LogP contribution in [-0.4, -0.2) is 77.7 Å². The summed E-state index contributed by atoms with van der Waals surface area (Å²) >= 11 is 0.726. The summed E-state index contributed by atoms with van der Waals surface area (Å²) in [4.78, 5) is 53.2. The van der Waals surface area contributed by atoms with Crippen molar-refractivity contribution in [3.63, 3.8) is 0 Å². The fourth-order valence-corrected chi connectivity index (χ4v) is 4.43. The average Bonchev–Trinajstić information content (AvgIpc) is 3.15. The molecular weight excluding hydrogens is 496 g/mol. The number of aromatic hydroxyl groups is 1. The molecule has 37 heavy (non-hydrogen) atoms. The highest BCUT2D eigenvalue weighted by Gasteiger charge is 2.36. The number of rotatable bonds is 11. The minimum atomic E-state index is -0.589. The third-order valence-corrected chi connectivity index (χ3v) is 6.62. The van der Waals surface area contributed by atoms with E-state index < -0.39 is 23.6 Å². The number of thioether (sulfide) groups is 1. The quantitative estimate of drug-likeness (QED) is 0.381. The summed E-state index contributed by atoms with van der Waals surface area (Å²) in [6.07, 6.45) is 1.50. The van der Waals surface area contributed by atoms with Gasteiger partial charge in [0, 0.05) is 24.3 Å². The monoisotopic (exact) mass is 526 g/mol. The SMILES string of the molecule is CCN(CC)CCNC(=O)c1ccc(NC(=O)CN2C(=O)S/C(=C\c3ccc(O)c(OC)c3)C2=O)cc1. The summed E-state index contributed by atoms with van der Waals surface area (Å²) in [6, 6.07) is 10.9. The second kappa shape index (κ2) is 12.9. The van der Waals surface area contributed by atoms with E-state index in [1.807, 2.05) is 0 Å². The molecule has 4 amide bonds. The van der Waals surface area contributed by atoms with Crippen LogP contribution in [0, 0.1) is 0 Å². The summed E-state index contributed by atoms with van der Waals surface area (Å²) in [7, 11) is 1.40. The molecule has 0 atom stereocenters. The first kappa shape index (κ1) is 27.8. The van der Waals surface area contributed by atoms with Crippen LogP contribution >= 0.6 is 11.8 Å². The Kier molecular flexibility index (Phi) is 9.70. The Morgan fingerprint density at radius 3 is 2.46 bits per heavy atom. The van der Waals surface area contributed by atoms with Gasteiger partial charge in [-0.15, -0.1) is 0 Å². The van der Waals surface area contributed by atoms with E-state index in [9.17, 15) is 24.3 Å². The molecule has 0 saturated carbocycles. The van der Waals surface area contributed by atoms with Gasteiger partial charge in [-0.25, -0.2) is 0 Å². The number of benzene rings is 2. The van der Waals surface area contributed by atoms with E-state index in [0.29, 0.717) is 23.4 Å². The molecule has 3 N–H and O–H groups in total. The summed E-state index contributed by atoms with van der Waals surface area (Å²) in [5, 5.41) is 14.7. The molecule has 2 aromatic carbocycles. The number of methoxy groups -OCH3 is 1. The molecule has 0 aliphatic carbocycles. The molecule has 0 unspecified atom stereocenters.